The molecule has 0 unspecified atom stereocenters. The minimum Gasteiger partial charge on any atom is -0.350 e. The zero-order valence-corrected chi connectivity index (χ0v) is 9.62. The van der Waals surface area contributed by atoms with E-state index in [-0.39, 0.29) is 11.4 Å². The molecule has 3 heteroatoms. The molecule has 0 atom stereocenters. The normalized spacial score (nSPS) is 12.8. The summed E-state index contributed by atoms with van der Waals surface area (Å²) in [5.74, 6) is 0.0434. The lowest BCUT2D eigenvalue weighted by Gasteiger charge is -2.31. The molecule has 78 valence electrons. The third-order valence-electron chi connectivity index (χ3n) is 2.53. The van der Waals surface area contributed by atoms with Gasteiger partial charge < -0.3 is 10.6 Å². The summed E-state index contributed by atoms with van der Waals surface area (Å²) in [4.78, 5) is 11.7. The van der Waals surface area contributed by atoms with Gasteiger partial charge >= 0.3 is 0 Å². The van der Waals surface area contributed by atoms with E-state index in [2.05, 4.69) is 17.6 Å². The molecule has 0 saturated heterocycles. The van der Waals surface area contributed by atoms with Crippen molar-refractivity contribution in [2.45, 2.75) is 52.1 Å². The van der Waals surface area contributed by atoms with Crippen molar-refractivity contribution in [1.29, 1.82) is 0 Å². The number of amides is 1. The number of nitrogens with one attached hydrogen (secondary N) is 2. The summed E-state index contributed by atoms with van der Waals surface area (Å²) in [6, 6.07) is 0. The van der Waals surface area contributed by atoms with Crippen LogP contribution in [-0.4, -0.2) is 24.0 Å². The molecule has 0 aromatic heterocycles. The first-order chi connectivity index (χ1) is 5.75. The van der Waals surface area contributed by atoms with Crippen LogP contribution < -0.4 is 10.6 Å². The summed E-state index contributed by atoms with van der Waals surface area (Å²) in [5, 5.41) is 5.97. The maximum Gasteiger partial charge on any atom is 0.240 e. The van der Waals surface area contributed by atoms with Gasteiger partial charge in [0.2, 0.25) is 5.91 Å². The lowest BCUT2D eigenvalue weighted by atomic mass is 9.98. The zero-order valence-electron chi connectivity index (χ0n) is 9.62. The Morgan fingerprint density at radius 3 is 2.00 bits per heavy atom. The molecule has 0 rings (SSSR count). The van der Waals surface area contributed by atoms with Gasteiger partial charge in [-0.25, -0.2) is 0 Å². The molecule has 0 radical (unpaired) electrons. The highest BCUT2D eigenvalue weighted by Crippen LogP contribution is 2.10. The van der Waals surface area contributed by atoms with Gasteiger partial charge in [0.05, 0.1) is 5.54 Å². The van der Waals surface area contributed by atoms with Crippen LogP contribution in [0, 0.1) is 0 Å². The summed E-state index contributed by atoms with van der Waals surface area (Å²) < 4.78 is 0. The molecule has 0 spiro atoms. The highest BCUT2D eigenvalue weighted by atomic mass is 16.2. The Hall–Kier alpha value is -0.570. The van der Waals surface area contributed by atoms with E-state index in [0.29, 0.717) is 0 Å². The van der Waals surface area contributed by atoms with Crippen LogP contribution in [0.3, 0.4) is 0 Å². The van der Waals surface area contributed by atoms with Gasteiger partial charge in [0.25, 0.3) is 0 Å². The van der Waals surface area contributed by atoms with Gasteiger partial charge in [-0.05, 0) is 41.2 Å². The smallest absolute Gasteiger partial charge is 0.240 e. The van der Waals surface area contributed by atoms with Crippen LogP contribution >= 0.6 is 0 Å². The number of rotatable bonds is 4. The molecule has 0 aliphatic heterocycles. The molecule has 3 nitrogen and oxygen atoms in total. The minimum absolute atomic E-state index is 0.0434. The van der Waals surface area contributed by atoms with E-state index < -0.39 is 5.54 Å². The maximum atomic E-state index is 11.7. The number of hydrogen-bond donors (Lipinski definition) is 2. The molecule has 13 heavy (non-hydrogen) atoms. The average Bonchev–Trinajstić information content (AvgIpc) is 2.04. The van der Waals surface area contributed by atoms with E-state index in [9.17, 15) is 4.79 Å². The van der Waals surface area contributed by atoms with E-state index >= 15 is 0 Å². The van der Waals surface area contributed by atoms with E-state index in [1.54, 1.807) is 7.05 Å². The first-order valence-electron chi connectivity index (χ1n) is 4.76. The molecule has 1 amide bonds. The summed E-state index contributed by atoms with van der Waals surface area (Å²) >= 11 is 0. The molecule has 0 saturated carbocycles. The Morgan fingerprint density at radius 1 is 1.23 bits per heavy atom. The van der Waals surface area contributed by atoms with Gasteiger partial charge in [-0.2, -0.15) is 0 Å². The molecule has 0 aromatic rings. The quantitative estimate of drug-likeness (QED) is 0.694. The predicted molar refractivity (Wildman–Crippen MR) is 55.7 cm³/mol. The van der Waals surface area contributed by atoms with Crippen LogP contribution in [0.2, 0.25) is 0 Å². The second-order valence-electron chi connectivity index (χ2n) is 4.57. The number of hydrogen-bond acceptors (Lipinski definition) is 2. The van der Waals surface area contributed by atoms with Gasteiger partial charge in [0.15, 0.2) is 0 Å². The molecule has 2 N–H and O–H groups in total. The Balaban J connectivity index is 4.31. The first kappa shape index (κ1) is 12.4. The fourth-order valence-electron chi connectivity index (χ4n) is 0.666. The van der Waals surface area contributed by atoms with E-state index in [0.717, 1.165) is 6.42 Å². The fraction of sp³-hybridized carbons (Fsp3) is 0.900. The van der Waals surface area contributed by atoms with Crippen molar-refractivity contribution in [2.75, 3.05) is 7.05 Å². The number of likely N-dealkylation sites (N-methyl/N-ethyl adjacent to an activating group) is 1. The first-order valence-corrected chi connectivity index (χ1v) is 4.76. The summed E-state index contributed by atoms with van der Waals surface area (Å²) in [5.41, 5.74) is -0.613. The Labute approximate surface area is 81.3 Å². The molecule has 0 heterocycles. The van der Waals surface area contributed by atoms with Crippen molar-refractivity contribution in [2.24, 2.45) is 0 Å². The summed E-state index contributed by atoms with van der Waals surface area (Å²) in [6.45, 7) is 9.85. The highest BCUT2D eigenvalue weighted by molar-refractivity contribution is 5.85. The topological polar surface area (TPSA) is 41.1 Å². The lowest BCUT2D eigenvalue weighted by Crippen LogP contribution is -2.56. The van der Waals surface area contributed by atoms with Crippen LogP contribution in [-0.2, 0) is 4.79 Å². The number of carbonyl (C=O) groups is 1. The van der Waals surface area contributed by atoms with E-state index in [1.807, 2.05) is 27.7 Å². The van der Waals surface area contributed by atoms with Crippen molar-refractivity contribution >= 4 is 5.91 Å². The van der Waals surface area contributed by atoms with Crippen LogP contribution in [0.5, 0.6) is 0 Å². The zero-order chi connectivity index (χ0) is 10.7. The van der Waals surface area contributed by atoms with Crippen molar-refractivity contribution < 1.29 is 4.79 Å². The number of carbonyl (C=O) groups excluding carboxylic acids is 1. The largest absolute Gasteiger partial charge is 0.350 e. The van der Waals surface area contributed by atoms with Crippen molar-refractivity contribution in [3.05, 3.63) is 0 Å². The third kappa shape index (κ3) is 3.77. The van der Waals surface area contributed by atoms with Gasteiger partial charge in [-0.3, -0.25) is 4.79 Å². The van der Waals surface area contributed by atoms with Crippen LogP contribution in [0.4, 0.5) is 0 Å². The Kier molecular flexibility index (Phi) is 3.91. The van der Waals surface area contributed by atoms with Crippen LogP contribution in [0.15, 0.2) is 0 Å². The average molecular weight is 186 g/mol. The van der Waals surface area contributed by atoms with E-state index in [4.69, 9.17) is 0 Å². The molecular weight excluding hydrogens is 164 g/mol. The molecule has 0 aromatic carbocycles. The third-order valence-corrected chi connectivity index (χ3v) is 2.53. The van der Waals surface area contributed by atoms with Gasteiger partial charge in [-0.15, -0.1) is 0 Å². The minimum atomic E-state index is -0.494. The maximum absolute atomic E-state index is 11.7. The van der Waals surface area contributed by atoms with Crippen LogP contribution in [0.1, 0.15) is 41.0 Å². The van der Waals surface area contributed by atoms with Crippen molar-refractivity contribution in [3.63, 3.8) is 0 Å². The highest BCUT2D eigenvalue weighted by Gasteiger charge is 2.29. The van der Waals surface area contributed by atoms with E-state index in [1.165, 1.54) is 0 Å². The summed E-state index contributed by atoms with van der Waals surface area (Å²) in [6.07, 6.45) is 0.929. The molecule has 0 aliphatic rings. The van der Waals surface area contributed by atoms with Gasteiger partial charge in [-0.1, -0.05) is 6.92 Å². The lowest BCUT2D eigenvalue weighted by molar-refractivity contribution is -0.127. The molecule has 0 fully saturated rings. The molecule has 0 bridgehead atoms. The van der Waals surface area contributed by atoms with Crippen molar-refractivity contribution in [3.8, 4) is 0 Å². The SMILES string of the molecule is CCC(C)(C)NC(=O)C(C)(C)NC. The Bertz CT molecular complexity index is 185. The monoisotopic (exact) mass is 186 g/mol. The van der Waals surface area contributed by atoms with Gasteiger partial charge in [0.1, 0.15) is 0 Å². The van der Waals surface area contributed by atoms with Crippen molar-refractivity contribution in [1.82, 2.24) is 10.6 Å². The molecular formula is C10H22N2O. The van der Waals surface area contributed by atoms with Gasteiger partial charge in [0, 0.05) is 5.54 Å². The fourth-order valence-corrected chi connectivity index (χ4v) is 0.666. The summed E-state index contributed by atoms with van der Waals surface area (Å²) in [7, 11) is 1.79. The molecule has 0 aliphatic carbocycles. The second-order valence-corrected chi connectivity index (χ2v) is 4.57. The van der Waals surface area contributed by atoms with Crippen LogP contribution in [0.25, 0.3) is 0 Å². The Morgan fingerprint density at radius 2 is 1.69 bits per heavy atom. The standard InChI is InChI=1S/C10H22N2O/c1-7-9(2,3)12-8(13)10(4,5)11-6/h11H,7H2,1-6H3,(H,12,13). The second kappa shape index (κ2) is 4.09. The predicted octanol–water partition coefficient (Wildman–Crippen LogP) is 1.29.